The molecule has 1 atom stereocenters. The van der Waals surface area contributed by atoms with Gasteiger partial charge in [-0.2, -0.15) is 4.31 Å². The molecule has 0 radical (unpaired) electrons. The van der Waals surface area contributed by atoms with Crippen molar-refractivity contribution in [1.82, 2.24) is 14.5 Å². The Labute approximate surface area is 154 Å². The topological polar surface area (TPSA) is 91.0 Å². The van der Waals surface area contributed by atoms with Gasteiger partial charge in [0.2, 0.25) is 10.0 Å². The standard InChI is InChI=1S/C17H26N4O4S/c1-2-20-7-9-21(10-8-20)26(23,24)15-5-3-4-14(12-15)19-17(22)16-13-18-6-11-25-16/h3-5,12,16,18H,2,6-11,13H2,1H3,(H,19,22). The Morgan fingerprint density at radius 2 is 2.08 bits per heavy atom. The molecule has 2 fully saturated rings. The van der Waals surface area contributed by atoms with Crippen molar-refractivity contribution in [3.8, 4) is 0 Å². The van der Waals surface area contributed by atoms with Crippen LogP contribution in [0.5, 0.6) is 0 Å². The molecule has 2 saturated heterocycles. The molecule has 0 spiro atoms. The summed E-state index contributed by atoms with van der Waals surface area (Å²) in [4.78, 5) is 14.7. The molecule has 1 aromatic carbocycles. The second-order valence-corrected chi connectivity index (χ2v) is 8.36. The molecule has 3 rings (SSSR count). The van der Waals surface area contributed by atoms with Gasteiger partial charge in [0.15, 0.2) is 0 Å². The maximum atomic E-state index is 12.9. The van der Waals surface area contributed by atoms with E-state index < -0.39 is 16.1 Å². The first-order chi connectivity index (χ1) is 12.5. The summed E-state index contributed by atoms with van der Waals surface area (Å²) in [6.45, 7) is 7.08. The maximum Gasteiger partial charge on any atom is 0.254 e. The first kappa shape index (κ1) is 19.2. The van der Waals surface area contributed by atoms with Gasteiger partial charge in [-0.1, -0.05) is 13.0 Å². The summed E-state index contributed by atoms with van der Waals surface area (Å²) in [5.74, 6) is -0.275. The third kappa shape index (κ3) is 4.41. The van der Waals surface area contributed by atoms with E-state index in [2.05, 4.69) is 22.5 Å². The molecular weight excluding hydrogens is 356 g/mol. The lowest BCUT2D eigenvalue weighted by atomic mass is 10.2. The summed E-state index contributed by atoms with van der Waals surface area (Å²) < 4.78 is 32.7. The summed E-state index contributed by atoms with van der Waals surface area (Å²) in [7, 11) is -3.57. The van der Waals surface area contributed by atoms with Crippen LogP contribution in [-0.2, 0) is 19.6 Å². The highest BCUT2D eigenvalue weighted by Crippen LogP contribution is 2.21. The van der Waals surface area contributed by atoms with Crippen molar-refractivity contribution in [2.45, 2.75) is 17.9 Å². The van der Waals surface area contributed by atoms with E-state index >= 15 is 0 Å². The van der Waals surface area contributed by atoms with Gasteiger partial charge in [-0.3, -0.25) is 4.79 Å². The Bertz CT molecular complexity index is 726. The van der Waals surface area contributed by atoms with Crippen LogP contribution in [0, 0.1) is 0 Å². The van der Waals surface area contributed by atoms with E-state index in [0.29, 0.717) is 31.9 Å². The number of ether oxygens (including phenoxy) is 1. The van der Waals surface area contributed by atoms with Crippen LogP contribution in [-0.4, -0.2) is 82.1 Å². The molecule has 2 aliphatic rings. The van der Waals surface area contributed by atoms with Crippen LogP contribution in [0.2, 0.25) is 0 Å². The van der Waals surface area contributed by atoms with Crippen LogP contribution in [0.3, 0.4) is 0 Å². The maximum absolute atomic E-state index is 12.9. The molecule has 0 aliphatic carbocycles. The third-order valence-electron chi connectivity index (χ3n) is 4.74. The lowest BCUT2D eigenvalue weighted by Gasteiger charge is -2.33. The molecule has 2 aliphatic heterocycles. The van der Waals surface area contributed by atoms with Crippen molar-refractivity contribution in [3.63, 3.8) is 0 Å². The highest BCUT2D eigenvalue weighted by atomic mass is 32.2. The molecule has 2 heterocycles. The fraction of sp³-hybridized carbons (Fsp3) is 0.588. The first-order valence-electron chi connectivity index (χ1n) is 8.96. The van der Waals surface area contributed by atoms with Crippen LogP contribution >= 0.6 is 0 Å². The van der Waals surface area contributed by atoms with Gasteiger partial charge in [-0.15, -0.1) is 0 Å². The van der Waals surface area contributed by atoms with E-state index in [1.54, 1.807) is 18.2 Å². The Morgan fingerprint density at radius 3 is 2.73 bits per heavy atom. The Balaban J connectivity index is 1.69. The fourth-order valence-corrected chi connectivity index (χ4v) is 4.59. The number of sulfonamides is 1. The Kier molecular flexibility index (Phi) is 6.25. The van der Waals surface area contributed by atoms with E-state index in [1.807, 2.05) is 0 Å². The SMILES string of the molecule is CCN1CCN(S(=O)(=O)c2cccc(NC(=O)C3CNCCO3)c2)CC1. The molecule has 144 valence electrons. The number of piperazine rings is 1. The van der Waals surface area contributed by atoms with E-state index in [1.165, 1.54) is 10.4 Å². The summed E-state index contributed by atoms with van der Waals surface area (Å²) in [5, 5.41) is 5.84. The second-order valence-electron chi connectivity index (χ2n) is 6.42. The minimum atomic E-state index is -3.57. The number of amides is 1. The molecule has 0 aromatic heterocycles. The van der Waals surface area contributed by atoms with Crippen LogP contribution in [0.4, 0.5) is 5.69 Å². The van der Waals surface area contributed by atoms with Crippen molar-refractivity contribution in [1.29, 1.82) is 0 Å². The van der Waals surface area contributed by atoms with Crippen LogP contribution in [0.25, 0.3) is 0 Å². The number of hydrogen-bond donors (Lipinski definition) is 2. The number of benzene rings is 1. The summed E-state index contributed by atoms with van der Waals surface area (Å²) in [6.07, 6.45) is -0.564. The smallest absolute Gasteiger partial charge is 0.254 e. The van der Waals surface area contributed by atoms with Crippen LogP contribution in [0.1, 0.15) is 6.92 Å². The Morgan fingerprint density at radius 1 is 1.31 bits per heavy atom. The second kappa shape index (κ2) is 8.45. The largest absolute Gasteiger partial charge is 0.366 e. The predicted molar refractivity (Wildman–Crippen MR) is 98.6 cm³/mol. The fourth-order valence-electron chi connectivity index (χ4n) is 3.13. The molecule has 0 saturated carbocycles. The van der Waals surface area contributed by atoms with Gasteiger partial charge < -0.3 is 20.3 Å². The molecule has 9 heteroatoms. The number of nitrogens with one attached hydrogen (secondary N) is 2. The van der Waals surface area contributed by atoms with Gasteiger partial charge in [-0.25, -0.2) is 8.42 Å². The lowest BCUT2D eigenvalue weighted by molar-refractivity contribution is -0.128. The number of likely N-dealkylation sites (N-methyl/N-ethyl adjacent to an activating group) is 1. The number of rotatable bonds is 5. The molecule has 1 aromatic rings. The van der Waals surface area contributed by atoms with Crippen molar-refractivity contribution < 1.29 is 17.9 Å². The van der Waals surface area contributed by atoms with E-state index in [-0.39, 0.29) is 10.8 Å². The predicted octanol–water partition coefficient (Wildman–Crippen LogP) is -0.0603. The quantitative estimate of drug-likeness (QED) is 0.742. The normalized spacial score (nSPS) is 22.9. The summed E-state index contributed by atoms with van der Waals surface area (Å²) >= 11 is 0. The van der Waals surface area contributed by atoms with Gasteiger partial charge in [0.1, 0.15) is 6.10 Å². The minimum Gasteiger partial charge on any atom is -0.366 e. The number of carbonyl (C=O) groups is 1. The van der Waals surface area contributed by atoms with Crippen LogP contribution in [0.15, 0.2) is 29.2 Å². The average Bonchev–Trinajstić information content (AvgIpc) is 2.69. The van der Waals surface area contributed by atoms with Gasteiger partial charge >= 0.3 is 0 Å². The molecule has 0 bridgehead atoms. The van der Waals surface area contributed by atoms with Crippen LogP contribution < -0.4 is 10.6 Å². The highest BCUT2D eigenvalue weighted by molar-refractivity contribution is 7.89. The van der Waals surface area contributed by atoms with E-state index in [0.717, 1.165) is 26.2 Å². The Hall–Kier alpha value is -1.52. The summed E-state index contributed by atoms with van der Waals surface area (Å²) in [6, 6.07) is 6.40. The number of nitrogens with zero attached hydrogens (tertiary/aromatic N) is 2. The number of anilines is 1. The molecule has 26 heavy (non-hydrogen) atoms. The van der Waals surface area contributed by atoms with Gasteiger partial charge in [-0.05, 0) is 24.7 Å². The highest BCUT2D eigenvalue weighted by Gasteiger charge is 2.28. The van der Waals surface area contributed by atoms with E-state index in [9.17, 15) is 13.2 Å². The molecular formula is C17H26N4O4S. The van der Waals surface area contributed by atoms with Gasteiger partial charge in [0, 0.05) is 45.0 Å². The molecule has 1 unspecified atom stereocenters. The summed E-state index contributed by atoms with van der Waals surface area (Å²) in [5.41, 5.74) is 0.456. The lowest BCUT2D eigenvalue weighted by Crippen LogP contribution is -2.48. The van der Waals surface area contributed by atoms with Crippen molar-refractivity contribution in [3.05, 3.63) is 24.3 Å². The number of morpholine rings is 1. The zero-order chi connectivity index (χ0) is 18.6. The van der Waals surface area contributed by atoms with Crippen molar-refractivity contribution in [2.24, 2.45) is 0 Å². The van der Waals surface area contributed by atoms with E-state index in [4.69, 9.17) is 4.74 Å². The molecule has 1 amide bonds. The zero-order valence-corrected chi connectivity index (χ0v) is 15.8. The monoisotopic (exact) mass is 382 g/mol. The molecule has 2 N–H and O–H groups in total. The third-order valence-corrected chi connectivity index (χ3v) is 6.63. The number of carbonyl (C=O) groups excluding carboxylic acids is 1. The average molecular weight is 382 g/mol. The molecule has 8 nitrogen and oxygen atoms in total. The minimum absolute atomic E-state index is 0.197. The number of hydrogen-bond acceptors (Lipinski definition) is 6. The first-order valence-corrected chi connectivity index (χ1v) is 10.4. The zero-order valence-electron chi connectivity index (χ0n) is 15.0. The van der Waals surface area contributed by atoms with Gasteiger partial charge in [0.05, 0.1) is 11.5 Å². The van der Waals surface area contributed by atoms with Crippen molar-refractivity contribution >= 4 is 21.6 Å². The van der Waals surface area contributed by atoms with Crippen molar-refractivity contribution in [2.75, 3.05) is 57.7 Å². The van der Waals surface area contributed by atoms with Gasteiger partial charge in [0.25, 0.3) is 5.91 Å².